The summed E-state index contributed by atoms with van der Waals surface area (Å²) in [5, 5.41) is 1.58. The molecule has 1 aliphatic rings. The third kappa shape index (κ3) is 1.68. The molecule has 1 fully saturated rings. The van der Waals surface area contributed by atoms with Crippen molar-refractivity contribution in [2.45, 2.75) is 37.1 Å². The van der Waals surface area contributed by atoms with Gasteiger partial charge in [0.1, 0.15) is 0 Å². The lowest BCUT2D eigenvalue weighted by atomic mass is 10.3. The first-order chi connectivity index (χ1) is 8.02. The monoisotopic (exact) mass is 274 g/mol. The second-order valence-corrected chi connectivity index (χ2v) is 6.31. The summed E-state index contributed by atoms with van der Waals surface area (Å²) in [4.78, 5) is 4.84. The van der Waals surface area contributed by atoms with Crippen LogP contribution in [-0.2, 0) is 16.6 Å². The Hall–Kier alpha value is -0.950. The van der Waals surface area contributed by atoms with Crippen molar-refractivity contribution in [1.29, 1.82) is 0 Å². The third-order valence-corrected chi connectivity index (χ3v) is 4.70. The van der Waals surface area contributed by atoms with Gasteiger partial charge >= 0.3 is 10.2 Å². The second kappa shape index (κ2) is 3.52. The summed E-state index contributed by atoms with van der Waals surface area (Å²) in [6, 6.07) is 0. The molecule has 1 aliphatic carbocycles. The van der Waals surface area contributed by atoms with Gasteiger partial charge in [0.25, 0.3) is 0 Å². The average Bonchev–Trinajstić information content (AvgIpc) is 2.88. The van der Waals surface area contributed by atoms with Gasteiger partial charge in [-0.15, -0.1) is 11.3 Å². The quantitative estimate of drug-likeness (QED) is 0.808. The summed E-state index contributed by atoms with van der Waals surface area (Å²) in [7, 11) is -4.72. The van der Waals surface area contributed by atoms with E-state index in [1.807, 2.05) is 12.3 Å². The SMILES string of the molecule is CCc1csc2nc(C3CC3)c(S(=O)(=O)F)n12. The predicted octanol–water partition coefficient (Wildman–Crippen LogP) is 2.49. The Morgan fingerprint density at radius 1 is 1.59 bits per heavy atom. The first-order valence-electron chi connectivity index (χ1n) is 5.45. The number of aromatic nitrogens is 2. The van der Waals surface area contributed by atoms with Crippen molar-refractivity contribution in [1.82, 2.24) is 9.38 Å². The third-order valence-electron chi connectivity index (χ3n) is 2.97. The van der Waals surface area contributed by atoms with Gasteiger partial charge in [-0.3, -0.25) is 4.40 Å². The second-order valence-electron chi connectivity index (χ2n) is 4.21. The Bertz CT molecular complexity index is 683. The van der Waals surface area contributed by atoms with Crippen LogP contribution < -0.4 is 0 Å². The smallest absolute Gasteiger partial charge is 0.275 e. The summed E-state index contributed by atoms with van der Waals surface area (Å²) >= 11 is 1.36. The zero-order chi connectivity index (χ0) is 12.2. The van der Waals surface area contributed by atoms with E-state index in [0.717, 1.165) is 18.5 Å². The lowest BCUT2D eigenvalue weighted by Crippen LogP contribution is -2.03. The number of nitrogens with zero attached hydrogens (tertiary/aromatic N) is 2. The molecule has 0 radical (unpaired) electrons. The number of halogens is 1. The molecule has 2 aromatic rings. The van der Waals surface area contributed by atoms with E-state index >= 15 is 0 Å². The fourth-order valence-corrected chi connectivity index (χ4v) is 3.93. The molecule has 0 amide bonds. The highest BCUT2D eigenvalue weighted by atomic mass is 32.3. The van der Waals surface area contributed by atoms with E-state index in [1.165, 1.54) is 15.7 Å². The molecule has 0 aromatic carbocycles. The maximum Gasteiger partial charge on any atom is 0.350 e. The van der Waals surface area contributed by atoms with Crippen molar-refractivity contribution in [2.75, 3.05) is 0 Å². The van der Waals surface area contributed by atoms with Crippen LogP contribution in [0.5, 0.6) is 0 Å². The molecular weight excluding hydrogens is 263 g/mol. The van der Waals surface area contributed by atoms with Crippen LogP contribution in [0.25, 0.3) is 4.96 Å². The Morgan fingerprint density at radius 3 is 2.82 bits per heavy atom. The van der Waals surface area contributed by atoms with E-state index in [0.29, 0.717) is 17.1 Å². The van der Waals surface area contributed by atoms with Crippen molar-refractivity contribution in [3.8, 4) is 0 Å². The molecule has 1 saturated carbocycles. The number of imidazole rings is 1. The molecule has 0 saturated heterocycles. The van der Waals surface area contributed by atoms with Crippen molar-refractivity contribution >= 4 is 26.5 Å². The maximum atomic E-state index is 13.4. The number of fused-ring (bicyclic) bond motifs is 1. The lowest BCUT2D eigenvalue weighted by Gasteiger charge is -2.00. The number of thiazole rings is 1. The molecule has 2 heterocycles. The van der Waals surface area contributed by atoms with E-state index < -0.39 is 10.2 Å². The summed E-state index contributed by atoms with van der Waals surface area (Å²) < 4.78 is 37.5. The van der Waals surface area contributed by atoms with E-state index in [2.05, 4.69) is 4.98 Å². The minimum atomic E-state index is -4.72. The molecule has 7 heteroatoms. The Kier molecular flexibility index (Phi) is 2.31. The highest BCUT2D eigenvalue weighted by molar-refractivity contribution is 7.86. The van der Waals surface area contributed by atoms with Gasteiger partial charge in [0, 0.05) is 17.0 Å². The normalized spacial score (nSPS) is 16.8. The molecule has 2 aromatic heterocycles. The van der Waals surface area contributed by atoms with Crippen molar-refractivity contribution in [3.05, 3.63) is 16.8 Å². The summed E-state index contributed by atoms with van der Waals surface area (Å²) in [5.74, 6) is 0.118. The number of aryl methyl sites for hydroxylation is 1. The highest BCUT2D eigenvalue weighted by Crippen LogP contribution is 2.43. The zero-order valence-electron chi connectivity index (χ0n) is 9.18. The molecular formula is C10H11FN2O2S2. The van der Waals surface area contributed by atoms with Crippen LogP contribution in [0.1, 0.15) is 37.1 Å². The summed E-state index contributed by atoms with van der Waals surface area (Å²) in [6.45, 7) is 1.91. The molecule has 0 N–H and O–H groups in total. The minimum absolute atomic E-state index is 0.118. The molecule has 0 unspecified atom stereocenters. The van der Waals surface area contributed by atoms with Crippen molar-refractivity contribution in [2.24, 2.45) is 0 Å². The van der Waals surface area contributed by atoms with Crippen LogP contribution in [-0.4, -0.2) is 17.8 Å². The minimum Gasteiger partial charge on any atom is -0.275 e. The molecule has 0 atom stereocenters. The largest absolute Gasteiger partial charge is 0.350 e. The molecule has 0 bridgehead atoms. The molecule has 92 valence electrons. The molecule has 3 rings (SSSR count). The van der Waals surface area contributed by atoms with Gasteiger partial charge in [-0.1, -0.05) is 10.8 Å². The van der Waals surface area contributed by atoms with Crippen LogP contribution >= 0.6 is 11.3 Å². The van der Waals surface area contributed by atoms with E-state index in [9.17, 15) is 12.3 Å². The van der Waals surface area contributed by atoms with Gasteiger partial charge < -0.3 is 0 Å². The number of hydrogen-bond donors (Lipinski definition) is 0. The van der Waals surface area contributed by atoms with E-state index in [-0.39, 0.29) is 10.9 Å². The van der Waals surface area contributed by atoms with Gasteiger partial charge in [0.05, 0.1) is 5.69 Å². The maximum absolute atomic E-state index is 13.4. The van der Waals surface area contributed by atoms with Gasteiger partial charge in [0.2, 0.25) is 0 Å². The number of rotatable bonds is 3. The molecule has 0 spiro atoms. The van der Waals surface area contributed by atoms with Crippen molar-refractivity contribution < 1.29 is 12.3 Å². The van der Waals surface area contributed by atoms with Crippen LogP contribution in [0, 0.1) is 0 Å². The first kappa shape index (κ1) is 11.2. The van der Waals surface area contributed by atoms with Crippen LogP contribution in [0.3, 0.4) is 0 Å². The van der Waals surface area contributed by atoms with Crippen LogP contribution in [0.4, 0.5) is 3.89 Å². The highest BCUT2D eigenvalue weighted by Gasteiger charge is 2.36. The molecule has 4 nitrogen and oxygen atoms in total. The molecule has 0 aliphatic heterocycles. The summed E-state index contributed by atoms with van der Waals surface area (Å²) in [5.41, 5.74) is 1.20. The van der Waals surface area contributed by atoms with Gasteiger partial charge in [-0.05, 0) is 19.3 Å². The fourth-order valence-electron chi connectivity index (χ4n) is 2.01. The topological polar surface area (TPSA) is 51.4 Å². The van der Waals surface area contributed by atoms with Crippen molar-refractivity contribution in [3.63, 3.8) is 0 Å². The van der Waals surface area contributed by atoms with Gasteiger partial charge in [0.15, 0.2) is 9.99 Å². The first-order valence-corrected chi connectivity index (χ1v) is 7.72. The van der Waals surface area contributed by atoms with E-state index in [4.69, 9.17) is 0 Å². The molecule has 17 heavy (non-hydrogen) atoms. The fraction of sp³-hybridized carbons (Fsp3) is 0.500. The zero-order valence-corrected chi connectivity index (χ0v) is 10.8. The van der Waals surface area contributed by atoms with Crippen LogP contribution in [0.2, 0.25) is 0 Å². The number of hydrogen-bond acceptors (Lipinski definition) is 4. The van der Waals surface area contributed by atoms with Gasteiger partial charge in [-0.25, -0.2) is 4.98 Å². The predicted molar refractivity (Wildman–Crippen MR) is 62.7 cm³/mol. The summed E-state index contributed by atoms with van der Waals surface area (Å²) in [6.07, 6.45) is 2.45. The lowest BCUT2D eigenvalue weighted by molar-refractivity contribution is 0.544. The Balaban J connectivity index is 2.38. The standard InChI is InChI=1S/C10H11FN2O2S2/c1-2-7-5-16-10-12-8(6-3-4-6)9(13(7)10)17(11,14)15/h5-6H,2-4H2,1H3. The Morgan fingerprint density at radius 2 is 2.29 bits per heavy atom. The Labute approximate surface area is 102 Å². The average molecular weight is 274 g/mol. The van der Waals surface area contributed by atoms with Gasteiger partial charge in [-0.2, -0.15) is 8.42 Å². The van der Waals surface area contributed by atoms with E-state index in [1.54, 1.807) is 0 Å². The van der Waals surface area contributed by atoms with Crippen LogP contribution in [0.15, 0.2) is 10.4 Å².